The Bertz CT molecular complexity index is 1350. The van der Waals surface area contributed by atoms with Crippen molar-refractivity contribution in [2.75, 3.05) is 26.2 Å². The van der Waals surface area contributed by atoms with Crippen molar-refractivity contribution in [1.82, 2.24) is 9.57 Å². The van der Waals surface area contributed by atoms with Gasteiger partial charge in [0, 0.05) is 37.8 Å². The Morgan fingerprint density at radius 1 is 0.590 bits per heavy atom. The molecule has 1 fully saturated rings. The average molecular weight is 574 g/mol. The summed E-state index contributed by atoms with van der Waals surface area (Å²) in [5.74, 6) is 3.41. The van der Waals surface area contributed by atoms with Crippen molar-refractivity contribution < 1.29 is 4.57 Å². The molecule has 5 rings (SSSR count). The van der Waals surface area contributed by atoms with E-state index in [0.29, 0.717) is 23.2 Å². The second-order valence-corrected chi connectivity index (χ2v) is 12.8. The molecule has 0 saturated carbocycles. The fraction of sp³-hybridized carbons (Fsp3) is 0.152. The van der Waals surface area contributed by atoms with Crippen molar-refractivity contribution in [3.05, 3.63) is 155 Å². The normalized spacial score (nSPS) is 17.2. The Hall–Kier alpha value is -2.91. The first kappa shape index (κ1) is 27.6. The van der Waals surface area contributed by atoms with Crippen molar-refractivity contribution >= 4 is 40.6 Å². The molecule has 1 atom stereocenters. The summed E-state index contributed by atoms with van der Waals surface area (Å²) in [6, 6.07) is 40.6. The number of hydrogen-bond donors (Lipinski definition) is 0. The average Bonchev–Trinajstić information content (AvgIpc) is 2.99. The fourth-order valence-electron chi connectivity index (χ4n) is 5.04. The van der Waals surface area contributed by atoms with Crippen LogP contribution in [-0.4, -0.2) is 35.7 Å². The van der Waals surface area contributed by atoms with Crippen LogP contribution in [0, 0.1) is 0 Å². The first-order valence-electron chi connectivity index (χ1n) is 13.1. The Morgan fingerprint density at radius 3 is 1.33 bits per heavy atom. The third-order valence-corrected chi connectivity index (χ3v) is 10.5. The van der Waals surface area contributed by atoms with Gasteiger partial charge in [0.05, 0.1) is 16.1 Å². The highest BCUT2D eigenvalue weighted by molar-refractivity contribution is 7.68. The second-order valence-electron chi connectivity index (χ2n) is 9.57. The van der Waals surface area contributed by atoms with Gasteiger partial charge in [-0.05, 0) is 22.3 Å². The molecule has 0 aromatic heterocycles. The van der Waals surface area contributed by atoms with Crippen LogP contribution in [0.2, 0.25) is 0 Å². The van der Waals surface area contributed by atoms with E-state index in [9.17, 15) is 4.57 Å². The molecule has 1 heterocycles. The van der Waals surface area contributed by atoms with Crippen molar-refractivity contribution in [2.24, 2.45) is 0 Å². The molecule has 4 aromatic rings. The van der Waals surface area contributed by atoms with Gasteiger partial charge in [-0.15, -0.1) is 0 Å². The molecule has 3 nitrogen and oxygen atoms in total. The highest BCUT2D eigenvalue weighted by Crippen LogP contribution is 2.57. The van der Waals surface area contributed by atoms with E-state index in [1.807, 2.05) is 77.5 Å². The largest absolute Gasteiger partial charge is 0.297 e. The van der Waals surface area contributed by atoms with Crippen LogP contribution in [0.3, 0.4) is 0 Å². The minimum atomic E-state index is -3.22. The zero-order valence-corrected chi connectivity index (χ0v) is 24.0. The van der Waals surface area contributed by atoms with E-state index < -0.39 is 7.29 Å². The smallest absolute Gasteiger partial charge is 0.196 e. The lowest BCUT2D eigenvalue weighted by Gasteiger charge is -2.41. The molecule has 198 valence electrons. The van der Waals surface area contributed by atoms with Crippen molar-refractivity contribution in [3.63, 3.8) is 0 Å². The van der Waals surface area contributed by atoms with Gasteiger partial charge in [0.25, 0.3) is 0 Å². The molecule has 6 heteroatoms. The second kappa shape index (κ2) is 13.0. The van der Waals surface area contributed by atoms with Gasteiger partial charge in [-0.25, -0.2) is 4.67 Å². The number of piperazine rings is 1. The van der Waals surface area contributed by atoms with Crippen LogP contribution >= 0.6 is 30.5 Å². The summed E-state index contributed by atoms with van der Waals surface area (Å²) in [5, 5.41) is 0.920. The summed E-state index contributed by atoms with van der Waals surface area (Å²) in [6.45, 7) is 2.76. The van der Waals surface area contributed by atoms with E-state index in [1.54, 1.807) is 11.6 Å². The van der Waals surface area contributed by atoms with Gasteiger partial charge in [-0.2, -0.15) is 0 Å². The maximum Gasteiger partial charge on any atom is 0.196 e. The molecule has 0 amide bonds. The predicted molar refractivity (Wildman–Crippen MR) is 166 cm³/mol. The van der Waals surface area contributed by atoms with E-state index in [2.05, 4.69) is 53.4 Å². The molecule has 0 spiro atoms. The van der Waals surface area contributed by atoms with Crippen LogP contribution in [0.25, 0.3) is 10.1 Å². The van der Waals surface area contributed by atoms with Crippen molar-refractivity contribution in [1.29, 1.82) is 0 Å². The molecule has 0 N–H and O–H groups in total. The van der Waals surface area contributed by atoms with Gasteiger partial charge in [0.2, 0.25) is 0 Å². The topological polar surface area (TPSA) is 23.6 Å². The summed E-state index contributed by atoms with van der Waals surface area (Å²) >= 11 is 13.5. The van der Waals surface area contributed by atoms with Crippen LogP contribution in [0.4, 0.5) is 0 Å². The third kappa shape index (κ3) is 6.81. The highest BCUT2D eigenvalue weighted by Gasteiger charge is 2.34. The number of hydrogen-bond acceptors (Lipinski definition) is 2. The predicted octanol–water partition coefficient (Wildman–Crippen LogP) is 9.15. The van der Waals surface area contributed by atoms with Crippen LogP contribution in [0.5, 0.6) is 0 Å². The minimum Gasteiger partial charge on any atom is -0.297 e. The molecule has 0 aliphatic carbocycles. The molecule has 1 saturated heterocycles. The summed E-state index contributed by atoms with van der Waals surface area (Å²) < 4.78 is 16.8. The van der Waals surface area contributed by atoms with E-state index in [-0.39, 0.29) is 6.04 Å². The molecule has 1 unspecified atom stereocenters. The maximum absolute atomic E-state index is 14.7. The fourth-order valence-corrected chi connectivity index (χ4v) is 8.28. The van der Waals surface area contributed by atoms with Crippen LogP contribution in [0.15, 0.2) is 133 Å². The molecule has 0 bridgehead atoms. The van der Waals surface area contributed by atoms with E-state index >= 15 is 0 Å². The van der Waals surface area contributed by atoms with E-state index in [0.717, 1.165) is 24.2 Å². The van der Waals surface area contributed by atoms with Gasteiger partial charge >= 0.3 is 0 Å². The highest BCUT2D eigenvalue weighted by atomic mass is 35.5. The van der Waals surface area contributed by atoms with Crippen LogP contribution < -0.4 is 0 Å². The van der Waals surface area contributed by atoms with E-state index in [1.165, 1.54) is 11.1 Å². The monoisotopic (exact) mass is 572 g/mol. The lowest BCUT2D eigenvalue weighted by atomic mass is 9.96. The van der Waals surface area contributed by atoms with Crippen LogP contribution in [0.1, 0.15) is 28.3 Å². The number of benzene rings is 4. The van der Waals surface area contributed by atoms with Gasteiger partial charge < -0.3 is 0 Å². The Morgan fingerprint density at radius 2 is 0.949 bits per heavy atom. The van der Waals surface area contributed by atoms with Crippen LogP contribution in [-0.2, 0) is 4.57 Å². The quantitative estimate of drug-likeness (QED) is 0.197. The third-order valence-electron chi connectivity index (χ3n) is 7.02. The molecule has 39 heavy (non-hydrogen) atoms. The Kier molecular flexibility index (Phi) is 9.19. The standard InChI is InChI=1S/C33H31Cl2N2OP/c34-31(27-13-5-1-6-14-27)25-39(38,26-32(35)28-15-7-2-8-16-28)37-23-21-36(22-24-37)33(29-17-9-3-10-18-29)30-19-11-4-12-20-30/h1-20,25-26,33H,21-24H2/b31-25+,32-26?. The summed E-state index contributed by atoms with van der Waals surface area (Å²) in [7, 11) is -3.22. The summed E-state index contributed by atoms with van der Waals surface area (Å²) in [6.07, 6.45) is 0. The molecule has 4 aromatic carbocycles. The van der Waals surface area contributed by atoms with Crippen molar-refractivity contribution in [2.45, 2.75) is 6.04 Å². The SMILES string of the molecule is O=P(C=C(Cl)c1ccccc1)(/C=C(/Cl)c1ccccc1)N1CCN(C(c2ccccc2)c2ccccc2)CC1. The van der Waals surface area contributed by atoms with E-state index in [4.69, 9.17) is 23.2 Å². The Balaban J connectivity index is 1.45. The van der Waals surface area contributed by atoms with Gasteiger partial charge in [-0.1, -0.05) is 145 Å². The van der Waals surface area contributed by atoms with Gasteiger partial charge in [0.15, 0.2) is 7.29 Å². The van der Waals surface area contributed by atoms with Gasteiger partial charge in [0.1, 0.15) is 0 Å². The first-order chi connectivity index (χ1) is 19.0. The molecule has 1 aliphatic rings. The minimum absolute atomic E-state index is 0.126. The number of nitrogens with zero attached hydrogens (tertiary/aromatic N) is 2. The summed E-state index contributed by atoms with van der Waals surface area (Å²) in [5.41, 5.74) is 4.16. The lowest BCUT2D eigenvalue weighted by molar-refractivity contribution is 0.156. The molecule has 0 radical (unpaired) electrons. The lowest BCUT2D eigenvalue weighted by Crippen LogP contribution is -2.46. The van der Waals surface area contributed by atoms with Crippen molar-refractivity contribution in [3.8, 4) is 0 Å². The number of halogens is 2. The first-order valence-corrected chi connectivity index (χ1v) is 15.7. The number of rotatable bonds is 8. The molecular formula is C33H31Cl2N2OP. The molecular weight excluding hydrogens is 542 g/mol. The van der Waals surface area contributed by atoms with Gasteiger partial charge in [-0.3, -0.25) is 9.46 Å². The zero-order chi connectivity index (χ0) is 27.1. The molecule has 1 aliphatic heterocycles. The summed E-state index contributed by atoms with van der Waals surface area (Å²) in [4.78, 5) is 2.47. The maximum atomic E-state index is 14.7. The Labute approximate surface area is 241 Å². The zero-order valence-electron chi connectivity index (χ0n) is 21.6.